The Morgan fingerprint density at radius 1 is 1.23 bits per heavy atom. The normalized spacial score (nSPS) is 24.4. The van der Waals surface area contributed by atoms with E-state index in [1.807, 2.05) is 0 Å². The van der Waals surface area contributed by atoms with Crippen LogP contribution >= 0.6 is 11.8 Å². The van der Waals surface area contributed by atoms with Crippen LogP contribution in [0.4, 0.5) is 0 Å². The maximum absolute atomic E-state index is 12.3. The molecule has 0 saturated carbocycles. The van der Waals surface area contributed by atoms with Crippen molar-refractivity contribution >= 4 is 23.7 Å². The molecule has 1 aliphatic heterocycles. The molecule has 0 aromatic heterocycles. The van der Waals surface area contributed by atoms with E-state index in [2.05, 4.69) is 34.6 Å². The molecular weight excluding hydrogens is 304 g/mol. The van der Waals surface area contributed by atoms with E-state index in [1.54, 1.807) is 0 Å². The molecule has 1 aliphatic rings. The average molecular weight is 332 g/mol. The van der Waals surface area contributed by atoms with Crippen LogP contribution in [0.5, 0.6) is 0 Å². The van der Waals surface area contributed by atoms with E-state index in [-0.39, 0.29) is 18.0 Å². The fourth-order valence-corrected chi connectivity index (χ4v) is 3.09. The van der Waals surface area contributed by atoms with Gasteiger partial charge in [0.25, 0.3) is 0 Å². The van der Waals surface area contributed by atoms with Crippen LogP contribution in [0, 0.1) is 17.8 Å². The van der Waals surface area contributed by atoms with Gasteiger partial charge in [-0.05, 0) is 24.2 Å². The standard InChI is InChI=1S/C16H28O5S/c1-9(2)7-13(11(5)10(3)4)20-15(18)16-21-14(8-22-16)19-12(6)17/h9-11,13-14,16H,7-8H2,1-6H3. The molecule has 1 fully saturated rings. The number of esters is 2. The quantitative estimate of drug-likeness (QED) is 0.667. The van der Waals surface area contributed by atoms with Gasteiger partial charge >= 0.3 is 11.9 Å². The Hall–Kier alpha value is -0.750. The molecule has 22 heavy (non-hydrogen) atoms. The monoisotopic (exact) mass is 332 g/mol. The van der Waals surface area contributed by atoms with Crippen LogP contribution in [0.15, 0.2) is 0 Å². The van der Waals surface area contributed by atoms with E-state index in [9.17, 15) is 9.59 Å². The second-order valence-corrected chi connectivity index (χ2v) is 7.64. The summed E-state index contributed by atoms with van der Waals surface area (Å²) < 4.78 is 16.1. The number of thioether (sulfide) groups is 1. The van der Waals surface area contributed by atoms with E-state index >= 15 is 0 Å². The zero-order valence-corrected chi connectivity index (χ0v) is 15.1. The molecule has 0 aliphatic carbocycles. The summed E-state index contributed by atoms with van der Waals surface area (Å²) in [6.07, 6.45) is 0.0474. The topological polar surface area (TPSA) is 61.8 Å². The SMILES string of the molecule is CC(=O)OC1CSC(C(=O)OC(CC(C)C)C(C)C(C)C)O1. The van der Waals surface area contributed by atoms with Crippen LogP contribution in [-0.4, -0.2) is 35.5 Å². The first kappa shape index (κ1) is 19.3. The molecule has 0 aromatic carbocycles. The van der Waals surface area contributed by atoms with Gasteiger partial charge in [0.1, 0.15) is 6.10 Å². The minimum atomic E-state index is -0.710. The Morgan fingerprint density at radius 2 is 1.86 bits per heavy atom. The maximum Gasteiger partial charge on any atom is 0.346 e. The lowest BCUT2D eigenvalue weighted by atomic mass is 9.87. The van der Waals surface area contributed by atoms with E-state index < -0.39 is 17.7 Å². The number of hydrogen-bond donors (Lipinski definition) is 0. The molecule has 1 heterocycles. The molecule has 128 valence electrons. The molecule has 0 bridgehead atoms. The molecule has 4 atom stereocenters. The predicted octanol–water partition coefficient (Wildman–Crippen LogP) is 3.22. The zero-order chi connectivity index (χ0) is 16.9. The van der Waals surface area contributed by atoms with Crippen molar-refractivity contribution in [1.29, 1.82) is 0 Å². The third kappa shape index (κ3) is 6.16. The second kappa shape index (κ2) is 8.77. The Bertz CT molecular complexity index is 383. The van der Waals surface area contributed by atoms with Gasteiger partial charge in [0.15, 0.2) is 0 Å². The Kier molecular flexibility index (Phi) is 7.69. The number of carbonyl (C=O) groups excluding carboxylic acids is 2. The molecule has 5 nitrogen and oxygen atoms in total. The predicted molar refractivity (Wildman–Crippen MR) is 86.2 cm³/mol. The van der Waals surface area contributed by atoms with Crippen LogP contribution in [-0.2, 0) is 23.8 Å². The highest BCUT2D eigenvalue weighted by Gasteiger charge is 2.36. The van der Waals surface area contributed by atoms with Gasteiger partial charge in [-0.25, -0.2) is 4.79 Å². The van der Waals surface area contributed by atoms with Crippen LogP contribution in [0.1, 0.15) is 48.0 Å². The van der Waals surface area contributed by atoms with Gasteiger partial charge in [-0.15, -0.1) is 11.8 Å². The summed E-state index contributed by atoms with van der Waals surface area (Å²) >= 11 is 1.31. The summed E-state index contributed by atoms with van der Waals surface area (Å²) in [5.41, 5.74) is -0.710. The molecular formula is C16H28O5S. The van der Waals surface area contributed by atoms with Crippen molar-refractivity contribution in [2.24, 2.45) is 17.8 Å². The molecule has 6 heteroatoms. The average Bonchev–Trinajstić information content (AvgIpc) is 2.83. The van der Waals surface area contributed by atoms with Gasteiger partial charge in [-0.1, -0.05) is 34.6 Å². The Balaban J connectivity index is 2.58. The highest BCUT2D eigenvalue weighted by molar-refractivity contribution is 8.00. The molecule has 0 spiro atoms. The van der Waals surface area contributed by atoms with Gasteiger partial charge in [0.2, 0.25) is 11.7 Å². The van der Waals surface area contributed by atoms with Crippen molar-refractivity contribution < 1.29 is 23.8 Å². The highest BCUT2D eigenvalue weighted by Crippen LogP contribution is 2.30. The fourth-order valence-electron chi connectivity index (χ4n) is 2.22. The van der Waals surface area contributed by atoms with E-state index in [0.717, 1.165) is 6.42 Å². The lowest BCUT2D eigenvalue weighted by Crippen LogP contribution is -2.34. The third-order valence-corrected chi connectivity index (χ3v) is 4.83. The molecule has 1 rings (SSSR count). The summed E-state index contributed by atoms with van der Waals surface area (Å²) in [5, 5.41) is 0. The first-order valence-corrected chi connectivity index (χ1v) is 8.90. The van der Waals surface area contributed by atoms with Crippen molar-refractivity contribution in [2.45, 2.75) is 65.8 Å². The molecule has 4 unspecified atom stereocenters. The van der Waals surface area contributed by atoms with Crippen molar-refractivity contribution in [3.8, 4) is 0 Å². The van der Waals surface area contributed by atoms with Gasteiger partial charge < -0.3 is 14.2 Å². The van der Waals surface area contributed by atoms with E-state index in [4.69, 9.17) is 14.2 Å². The largest absolute Gasteiger partial charge is 0.460 e. The summed E-state index contributed by atoms with van der Waals surface area (Å²) in [6.45, 7) is 11.9. The summed E-state index contributed by atoms with van der Waals surface area (Å²) in [4.78, 5) is 23.2. The Morgan fingerprint density at radius 3 is 2.36 bits per heavy atom. The maximum atomic E-state index is 12.3. The van der Waals surface area contributed by atoms with Gasteiger partial charge in [0.05, 0.1) is 5.75 Å². The summed E-state index contributed by atoms with van der Waals surface area (Å²) in [5.74, 6) is 0.825. The molecule has 0 amide bonds. The fraction of sp³-hybridized carbons (Fsp3) is 0.875. The zero-order valence-electron chi connectivity index (χ0n) is 14.3. The van der Waals surface area contributed by atoms with Crippen molar-refractivity contribution in [2.75, 3.05) is 5.75 Å². The molecule has 0 radical (unpaired) electrons. The minimum absolute atomic E-state index is 0.121. The Labute approximate surface area is 137 Å². The summed E-state index contributed by atoms with van der Waals surface area (Å²) in [7, 11) is 0. The molecule has 1 saturated heterocycles. The van der Waals surface area contributed by atoms with E-state index in [1.165, 1.54) is 18.7 Å². The van der Waals surface area contributed by atoms with Crippen LogP contribution < -0.4 is 0 Å². The number of ether oxygens (including phenoxy) is 3. The molecule has 0 N–H and O–H groups in total. The van der Waals surface area contributed by atoms with Gasteiger partial charge in [-0.2, -0.15) is 0 Å². The first-order chi connectivity index (χ1) is 10.2. The number of hydrogen-bond acceptors (Lipinski definition) is 6. The summed E-state index contributed by atoms with van der Waals surface area (Å²) in [6, 6.07) is 0. The van der Waals surface area contributed by atoms with Crippen LogP contribution in [0.3, 0.4) is 0 Å². The minimum Gasteiger partial charge on any atom is -0.460 e. The smallest absolute Gasteiger partial charge is 0.346 e. The molecule has 0 aromatic rings. The van der Waals surface area contributed by atoms with Crippen molar-refractivity contribution in [3.05, 3.63) is 0 Å². The van der Waals surface area contributed by atoms with Crippen LogP contribution in [0.2, 0.25) is 0 Å². The van der Waals surface area contributed by atoms with E-state index in [0.29, 0.717) is 17.6 Å². The van der Waals surface area contributed by atoms with Crippen molar-refractivity contribution in [1.82, 2.24) is 0 Å². The lowest BCUT2D eigenvalue weighted by Gasteiger charge is -2.29. The second-order valence-electron chi connectivity index (χ2n) is 6.55. The highest BCUT2D eigenvalue weighted by atomic mass is 32.2. The van der Waals surface area contributed by atoms with Crippen LogP contribution in [0.25, 0.3) is 0 Å². The first-order valence-electron chi connectivity index (χ1n) is 7.85. The third-order valence-electron chi connectivity index (χ3n) is 3.76. The number of rotatable bonds is 7. The van der Waals surface area contributed by atoms with Crippen molar-refractivity contribution in [3.63, 3.8) is 0 Å². The lowest BCUT2D eigenvalue weighted by molar-refractivity contribution is -0.184. The van der Waals surface area contributed by atoms with Gasteiger partial charge in [0, 0.05) is 6.92 Å². The number of carbonyl (C=O) groups is 2. The van der Waals surface area contributed by atoms with Gasteiger partial charge in [-0.3, -0.25) is 4.79 Å².